The van der Waals surface area contributed by atoms with Crippen LogP contribution >= 0.6 is 0 Å². The van der Waals surface area contributed by atoms with Gasteiger partial charge in [-0.25, -0.2) is 9.97 Å². The Balaban J connectivity index is 1.39. The molecule has 0 aliphatic rings. The SMILES string of the molecule is COc1ccnc(-c2cccnc2Oc2ccc(C(=O)c3nc4ccccc4[nH]3)cc2)c1. The monoisotopic (exact) mass is 422 g/mol. The highest BCUT2D eigenvalue weighted by atomic mass is 16.5. The van der Waals surface area contributed by atoms with Crippen LogP contribution in [0.3, 0.4) is 0 Å². The van der Waals surface area contributed by atoms with Gasteiger partial charge in [0.25, 0.3) is 0 Å². The number of ether oxygens (including phenoxy) is 2. The lowest BCUT2D eigenvalue weighted by Crippen LogP contribution is -2.03. The lowest BCUT2D eigenvalue weighted by atomic mass is 10.1. The summed E-state index contributed by atoms with van der Waals surface area (Å²) >= 11 is 0. The molecule has 3 heterocycles. The Kier molecular flexibility index (Phi) is 5.05. The summed E-state index contributed by atoms with van der Waals surface area (Å²) in [5.74, 6) is 1.76. The van der Waals surface area contributed by atoms with Gasteiger partial charge >= 0.3 is 0 Å². The minimum absolute atomic E-state index is 0.188. The van der Waals surface area contributed by atoms with Crippen molar-refractivity contribution in [2.75, 3.05) is 7.11 Å². The number of hydrogen-bond donors (Lipinski definition) is 1. The first kappa shape index (κ1) is 19.4. The summed E-state index contributed by atoms with van der Waals surface area (Å²) in [5.41, 5.74) is 3.50. The van der Waals surface area contributed by atoms with Gasteiger partial charge in [-0.15, -0.1) is 0 Å². The van der Waals surface area contributed by atoms with E-state index in [9.17, 15) is 4.79 Å². The molecule has 32 heavy (non-hydrogen) atoms. The van der Waals surface area contributed by atoms with Crippen molar-refractivity contribution in [3.8, 4) is 28.6 Å². The number of nitrogens with zero attached hydrogens (tertiary/aromatic N) is 3. The van der Waals surface area contributed by atoms with Crippen LogP contribution in [-0.2, 0) is 0 Å². The summed E-state index contributed by atoms with van der Waals surface area (Å²) in [6.07, 6.45) is 3.32. The highest BCUT2D eigenvalue weighted by Gasteiger charge is 2.15. The molecule has 2 aromatic carbocycles. The van der Waals surface area contributed by atoms with Crippen molar-refractivity contribution in [3.63, 3.8) is 0 Å². The van der Waals surface area contributed by atoms with Crippen LogP contribution in [0.1, 0.15) is 16.2 Å². The minimum atomic E-state index is -0.188. The van der Waals surface area contributed by atoms with Crippen LogP contribution in [0.4, 0.5) is 0 Å². The fraction of sp³-hybridized carbons (Fsp3) is 0.0400. The van der Waals surface area contributed by atoms with E-state index in [-0.39, 0.29) is 5.78 Å². The maximum absolute atomic E-state index is 12.8. The number of ketones is 1. The molecule has 0 atom stereocenters. The Hall–Kier alpha value is -4.52. The van der Waals surface area contributed by atoms with Crippen LogP contribution in [-0.4, -0.2) is 32.8 Å². The first-order valence-corrected chi connectivity index (χ1v) is 9.94. The van der Waals surface area contributed by atoms with Gasteiger partial charge in [0.15, 0.2) is 5.82 Å². The molecule has 0 amide bonds. The van der Waals surface area contributed by atoms with Gasteiger partial charge in [-0.1, -0.05) is 12.1 Å². The quantitative estimate of drug-likeness (QED) is 0.385. The molecule has 156 valence electrons. The number of aromatic amines is 1. The topological polar surface area (TPSA) is 90.0 Å². The molecule has 1 N–H and O–H groups in total. The number of pyridine rings is 2. The minimum Gasteiger partial charge on any atom is -0.497 e. The highest BCUT2D eigenvalue weighted by molar-refractivity contribution is 6.08. The van der Waals surface area contributed by atoms with Gasteiger partial charge in [0, 0.05) is 24.0 Å². The first-order valence-electron chi connectivity index (χ1n) is 9.94. The molecule has 7 heteroatoms. The van der Waals surface area contributed by atoms with Crippen LogP contribution in [0, 0.1) is 0 Å². The lowest BCUT2D eigenvalue weighted by molar-refractivity contribution is 0.103. The van der Waals surface area contributed by atoms with E-state index in [0.717, 1.165) is 16.6 Å². The number of aromatic nitrogens is 4. The normalized spacial score (nSPS) is 10.8. The zero-order valence-corrected chi connectivity index (χ0v) is 17.1. The number of carbonyl (C=O) groups is 1. The van der Waals surface area contributed by atoms with Gasteiger partial charge in [0.2, 0.25) is 11.7 Å². The molecule has 0 aliphatic heterocycles. The molecular formula is C25H18N4O3. The Morgan fingerprint density at radius 2 is 1.72 bits per heavy atom. The second-order valence-corrected chi connectivity index (χ2v) is 7.00. The predicted octanol–water partition coefficient (Wildman–Crippen LogP) is 5.05. The highest BCUT2D eigenvalue weighted by Crippen LogP contribution is 2.31. The smallest absolute Gasteiger partial charge is 0.228 e. The van der Waals surface area contributed by atoms with Crippen LogP contribution in [0.15, 0.2) is 85.2 Å². The zero-order valence-electron chi connectivity index (χ0n) is 17.1. The standard InChI is InChI=1S/C25H18N4O3/c1-31-18-12-14-26-22(15-18)19-5-4-13-27-25(19)32-17-10-8-16(9-11-17)23(30)24-28-20-6-2-3-7-21(20)29-24/h2-15H,1H3,(H,28,29). The lowest BCUT2D eigenvalue weighted by Gasteiger charge is -2.10. The van der Waals surface area contributed by atoms with Gasteiger partial charge in [-0.2, -0.15) is 0 Å². The maximum Gasteiger partial charge on any atom is 0.228 e. The summed E-state index contributed by atoms with van der Waals surface area (Å²) < 4.78 is 11.3. The number of para-hydroxylation sites is 2. The van der Waals surface area contributed by atoms with E-state index in [2.05, 4.69) is 19.9 Å². The predicted molar refractivity (Wildman–Crippen MR) is 120 cm³/mol. The van der Waals surface area contributed by atoms with Gasteiger partial charge in [-0.05, 0) is 54.6 Å². The van der Waals surface area contributed by atoms with Gasteiger partial charge in [-0.3, -0.25) is 9.78 Å². The molecule has 5 aromatic rings. The van der Waals surface area contributed by atoms with Crippen molar-refractivity contribution in [1.29, 1.82) is 0 Å². The number of fused-ring (bicyclic) bond motifs is 1. The average molecular weight is 422 g/mol. The van der Waals surface area contributed by atoms with E-state index >= 15 is 0 Å². The Morgan fingerprint density at radius 1 is 0.875 bits per heavy atom. The molecule has 0 saturated heterocycles. The Bertz CT molecular complexity index is 1380. The van der Waals surface area contributed by atoms with Crippen LogP contribution < -0.4 is 9.47 Å². The molecule has 0 radical (unpaired) electrons. The number of rotatable bonds is 6. The summed E-state index contributed by atoms with van der Waals surface area (Å²) in [4.78, 5) is 29.0. The second kappa shape index (κ2) is 8.31. The number of methoxy groups -OCH3 is 1. The summed E-state index contributed by atoms with van der Waals surface area (Å²) in [6.45, 7) is 0. The first-order chi connectivity index (χ1) is 15.7. The molecule has 7 nitrogen and oxygen atoms in total. The van der Waals surface area contributed by atoms with Gasteiger partial charge < -0.3 is 14.5 Å². The molecule has 5 rings (SSSR count). The van der Waals surface area contributed by atoms with Crippen molar-refractivity contribution >= 4 is 16.8 Å². The fourth-order valence-electron chi connectivity index (χ4n) is 3.34. The molecule has 0 aliphatic carbocycles. The van der Waals surface area contributed by atoms with E-state index < -0.39 is 0 Å². The molecule has 0 unspecified atom stereocenters. The van der Waals surface area contributed by atoms with Crippen LogP contribution in [0.25, 0.3) is 22.3 Å². The number of H-pyrrole nitrogens is 1. The van der Waals surface area contributed by atoms with Crippen molar-refractivity contribution in [1.82, 2.24) is 19.9 Å². The molecule has 3 aromatic heterocycles. The number of hydrogen-bond acceptors (Lipinski definition) is 6. The summed E-state index contributed by atoms with van der Waals surface area (Å²) in [6, 6.07) is 21.7. The van der Waals surface area contributed by atoms with Crippen LogP contribution in [0.5, 0.6) is 17.4 Å². The number of benzene rings is 2. The number of carbonyl (C=O) groups excluding carboxylic acids is 1. The van der Waals surface area contributed by atoms with Gasteiger partial charge in [0.1, 0.15) is 11.5 Å². The summed E-state index contributed by atoms with van der Waals surface area (Å²) in [7, 11) is 1.61. The molecule has 0 bridgehead atoms. The van der Waals surface area contributed by atoms with Crippen molar-refractivity contribution < 1.29 is 14.3 Å². The van der Waals surface area contributed by atoms with E-state index in [1.54, 1.807) is 49.8 Å². The van der Waals surface area contributed by atoms with E-state index in [1.165, 1.54) is 0 Å². The number of nitrogens with one attached hydrogen (secondary N) is 1. The van der Waals surface area contributed by atoms with Crippen molar-refractivity contribution in [3.05, 3.63) is 96.6 Å². The second-order valence-electron chi connectivity index (χ2n) is 7.00. The largest absolute Gasteiger partial charge is 0.497 e. The van der Waals surface area contributed by atoms with E-state index in [0.29, 0.717) is 34.5 Å². The Labute approximate surface area is 183 Å². The van der Waals surface area contributed by atoms with E-state index in [4.69, 9.17) is 9.47 Å². The molecular weight excluding hydrogens is 404 g/mol. The third-order valence-corrected chi connectivity index (χ3v) is 4.95. The van der Waals surface area contributed by atoms with Crippen LogP contribution in [0.2, 0.25) is 0 Å². The van der Waals surface area contributed by atoms with Crippen molar-refractivity contribution in [2.24, 2.45) is 0 Å². The maximum atomic E-state index is 12.8. The molecule has 0 saturated carbocycles. The third-order valence-electron chi connectivity index (χ3n) is 4.95. The van der Waals surface area contributed by atoms with Gasteiger partial charge in [0.05, 0.1) is 29.4 Å². The van der Waals surface area contributed by atoms with E-state index in [1.807, 2.05) is 42.5 Å². The number of imidazole rings is 1. The average Bonchev–Trinajstić information content (AvgIpc) is 3.29. The molecule has 0 fully saturated rings. The third kappa shape index (κ3) is 3.79. The van der Waals surface area contributed by atoms with Crippen molar-refractivity contribution in [2.45, 2.75) is 0 Å². The fourth-order valence-corrected chi connectivity index (χ4v) is 3.34. The zero-order chi connectivity index (χ0) is 21.9. The Morgan fingerprint density at radius 3 is 2.53 bits per heavy atom. The summed E-state index contributed by atoms with van der Waals surface area (Å²) in [5, 5.41) is 0. The molecule has 0 spiro atoms.